The first-order valence-corrected chi connectivity index (χ1v) is 10.7. The molecule has 2 amide bonds. The van der Waals surface area contributed by atoms with Crippen LogP contribution < -0.4 is 5.32 Å². The molecule has 4 aromatic rings. The van der Waals surface area contributed by atoms with Gasteiger partial charge in [-0.05, 0) is 53.9 Å². The lowest BCUT2D eigenvalue weighted by Crippen LogP contribution is -2.48. The van der Waals surface area contributed by atoms with Crippen molar-refractivity contribution in [1.82, 2.24) is 19.6 Å². The first kappa shape index (κ1) is 20.0. The fraction of sp³-hybridized carbons (Fsp3) is 0.192. The number of hydrogen-bond donors (Lipinski definition) is 1. The molecule has 160 valence electrons. The molecule has 0 aliphatic carbocycles. The first-order chi connectivity index (χ1) is 15.6. The van der Waals surface area contributed by atoms with Gasteiger partial charge < -0.3 is 14.6 Å². The Morgan fingerprint density at radius 2 is 1.81 bits per heavy atom. The topological polar surface area (TPSA) is 66.7 Å². The minimum Gasteiger partial charge on any atom is -0.348 e. The van der Waals surface area contributed by atoms with Crippen LogP contribution >= 0.6 is 0 Å². The molecule has 6 heteroatoms. The second-order valence-corrected chi connectivity index (χ2v) is 8.25. The summed E-state index contributed by atoms with van der Waals surface area (Å²) >= 11 is 0. The molecule has 5 rings (SSSR count). The Kier molecular flexibility index (Phi) is 5.19. The zero-order valence-electron chi connectivity index (χ0n) is 17.9. The van der Waals surface area contributed by atoms with E-state index in [1.54, 1.807) is 6.20 Å². The first-order valence-electron chi connectivity index (χ1n) is 10.7. The van der Waals surface area contributed by atoms with Crippen molar-refractivity contribution in [2.45, 2.75) is 19.4 Å². The van der Waals surface area contributed by atoms with Crippen molar-refractivity contribution in [2.75, 3.05) is 13.1 Å². The third kappa shape index (κ3) is 3.87. The molecular weight excluding hydrogens is 400 g/mol. The minimum atomic E-state index is -0.107. The van der Waals surface area contributed by atoms with Gasteiger partial charge in [0.2, 0.25) is 0 Å². The van der Waals surface area contributed by atoms with Crippen LogP contribution in [0.3, 0.4) is 0 Å². The number of benzene rings is 2. The highest BCUT2D eigenvalue weighted by molar-refractivity contribution is 5.96. The summed E-state index contributed by atoms with van der Waals surface area (Å²) in [5.41, 5.74) is 5.41. The fourth-order valence-electron chi connectivity index (χ4n) is 4.09. The fourth-order valence-corrected chi connectivity index (χ4v) is 4.09. The number of aromatic nitrogens is 2. The quantitative estimate of drug-likeness (QED) is 0.530. The molecule has 0 atom stereocenters. The lowest BCUT2D eigenvalue weighted by atomic mass is 9.90. The van der Waals surface area contributed by atoms with Gasteiger partial charge in [0.05, 0.1) is 0 Å². The molecule has 1 aliphatic heterocycles. The third-order valence-corrected chi connectivity index (χ3v) is 6.10. The van der Waals surface area contributed by atoms with Crippen molar-refractivity contribution in [1.29, 1.82) is 0 Å². The molecule has 1 aliphatic rings. The number of nitrogens with zero attached hydrogens (tertiary/aromatic N) is 3. The second-order valence-electron chi connectivity index (χ2n) is 8.25. The summed E-state index contributed by atoms with van der Waals surface area (Å²) in [6.07, 6.45) is 5.57. The van der Waals surface area contributed by atoms with E-state index in [4.69, 9.17) is 0 Å². The number of rotatable bonds is 5. The second kappa shape index (κ2) is 8.30. The summed E-state index contributed by atoms with van der Waals surface area (Å²) in [6, 6.07) is 19.3. The summed E-state index contributed by atoms with van der Waals surface area (Å²) in [7, 11) is 0. The smallest absolute Gasteiger partial charge is 0.254 e. The van der Waals surface area contributed by atoms with Gasteiger partial charge >= 0.3 is 0 Å². The molecule has 0 unspecified atom stereocenters. The molecule has 0 saturated carbocycles. The van der Waals surface area contributed by atoms with Gasteiger partial charge in [-0.2, -0.15) is 0 Å². The predicted molar refractivity (Wildman–Crippen MR) is 123 cm³/mol. The van der Waals surface area contributed by atoms with Crippen molar-refractivity contribution < 1.29 is 9.59 Å². The Balaban J connectivity index is 1.16. The van der Waals surface area contributed by atoms with Gasteiger partial charge in [0.15, 0.2) is 0 Å². The van der Waals surface area contributed by atoms with Crippen LogP contribution in [0.15, 0.2) is 79.3 Å². The normalized spacial score (nSPS) is 13.7. The minimum absolute atomic E-state index is 0.0869. The van der Waals surface area contributed by atoms with Crippen LogP contribution in [0.25, 0.3) is 5.65 Å². The Morgan fingerprint density at radius 3 is 2.59 bits per heavy atom. The van der Waals surface area contributed by atoms with Crippen molar-refractivity contribution in [2.24, 2.45) is 0 Å². The Bertz CT molecular complexity index is 1290. The highest BCUT2D eigenvalue weighted by Crippen LogP contribution is 2.29. The highest BCUT2D eigenvalue weighted by Gasteiger charge is 2.32. The van der Waals surface area contributed by atoms with E-state index in [0.29, 0.717) is 31.1 Å². The number of likely N-dealkylation sites (tertiary alicyclic amines) is 1. The van der Waals surface area contributed by atoms with E-state index in [9.17, 15) is 9.59 Å². The number of imidazole rings is 1. The number of pyridine rings is 1. The summed E-state index contributed by atoms with van der Waals surface area (Å²) in [5, 5.41) is 2.97. The van der Waals surface area contributed by atoms with Crippen LogP contribution in [0.5, 0.6) is 0 Å². The molecule has 1 saturated heterocycles. The molecule has 1 fully saturated rings. The Morgan fingerprint density at radius 1 is 1.03 bits per heavy atom. The van der Waals surface area contributed by atoms with Gasteiger partial charge in [-0.3, -0.25) is 9.59 Å². The SMILES string of the molecule is Cc1ccccc1C(=O)N1CC(c2ccc(C(=O)NCc3ccn4ccnc4c3)cc2)C1. The lowest BCUT2D eigenvalue weighted by Gasteiger charge is -2.40. The maximum absolute atomic E-state index is 12.7. The van der Waals surface area contributed by atoms with E-state index in [1.165, 1.54) is 0 Å². The Labute approximate surface area is 186 Å². The molecule has 0 radical (unpaired) electrons. The lowest BCUT2D eigenvalue weighted by molar-refractivity contribution is 0.0601. The standard InChI is InChI=1S/C26H24N4O2/c1-18-4-2-3-5-23(18)26(32)30-16-22(17-30)20-6-8-21(9-7-20)25(31)28-15-19-10-12-29-13-11-27-24(29)14-19/h2-14,22H,15-17H2,1H3,(H,28,31). The van der Waals surface area contributed by atoms with Gasteiger partial charge in [0.1, 0.15) is 5.65 Å². The monoisotopic (exact) mass is 424 g/mol. The van der Waals surface area contributed by atoms with Gasteiger partial charge in [-0.1, -0.05) is 30.3 Å². The Hall–Kier alpha value is -3.93. The van der Waals surface area contributed by atoms with E-state index in [0.717, 1.165) is 27.9 Å². The molecule has 3 heterocycles. The number of aryl methyl sites for hydroxylation is 1. The number of amides is 2. The van der Waals surface area contributed by atoms with Crippen LogP contribution in [0.1, 0.15) is 43.3 Å². The highest BCUT2D eigenvalue weighted by atomic mass is 16.2. The average molecular weight is 425 g/mol. The molecule has 1 N–H and O–H groups in total. The van der Waals surface area contributed by atoms with Crippen LogP contribution in [0.4, 0.5) is 0 Å². The summed E-state index contributed by atoms with van der Waals surface area (Å²) < 4.78 is 1.93. The zero-order chi connectivity index (χ0) is 22.1. The zero-order valence-corrected chi connectivity index (χ0v) is 17.9. The molecule has 32 heavy (non-hydrogen) atoms. The predicted octanol–water partition coefficient (Wildman–Crippen LogP) is 3.81. The van der Waals surface area contributed by atoms with E-state index >= 15 is 0 Å². The maximum Gasteiger partial charge on any atom is 0.254 e. The molecular formula is C26H24N4O2. The molecule has 6 nitrogen and oxygen atoms in total. The van der Waals surface area contributed by atoms with Gasteiger partial charge in [-0.15, -0.1) is 0 Å². The van der Waals surface area contributed by atoms with E-state index in [2.05, 4.69) is 10.3 Å². The van der Waals surface area contributed by atoms with Gasteiger partial charge in [-0.25, -0.2) is 4.98 Å². The third-order valence-electron chi connectivity index (χ3n) is 6.10. The summed E-state index contributed by atoms with van der Waals surface area (Å²) in [6.45, 7) is 3.82. The van der Waals surface area contributed by atoms with Crippen LogP contribution in [-0.4, -0.2) is 39.2 Å². The average Bonchev–Trinajstić information content (AvgIpc) is 3.25. The van der Waals surface area contributed by atoms with Crippen molar-refractivity contribution in [3.8, 4) is 0 Å². The molecule has 2 aromatic heterocycles. The molecule has 2 aromatic carbocycles. The van der Waals surface area contributed by atoms with Crippen molar-refractivity contribution in [3.05, 3.63) is 107 Å². The molecule has 0 bridgehead atoms. The van der Waals surface area contributed by atoms with Gasteiger partial charge in [0.25, 0.3) is 11.8 Å². The molecule has 0 spiro atoms. The van der Waals surface area contributed by atoms with Crippen LogP contribution in [0, 0.1) is 6.92 Å². The number of carbonyl (C=O) groups excluding carboxylic acids is 2. The summed E-state index contributed by atoms with van der Waals surface area (Å²) in [4.78, 5) is 31.4. The van der Waals surface area contributed by atoms with E-state index in [-0.39, 0.29) is 11.8 Å². The van der Waals surface area contributed by atoms with Crippen LogP contribution in [0.2, 0.25) is 0 Å². The van der Waals surface area contributed by atoms with Gasteiger partial charge in [0, 0.05) is 55.3 Å². The number of hydrogen-bond acceptors (Lipinski definition) is 3. The van der Waals surface area contributed by atoms with E-state index < -0.39 is 0 Å². The number of carbonyl (C=O) groups is 2. The largest absolute Gasteiger partial charge is 0.348 e. The number of fused-ring (bicyclic) bond motifs is 1. The number of nitrogens with one attached hydrogen (secondary N) is 1. The van der Waals surface area contributed by atoms with Crippen molar-refractivity contribution in [3.63, 3.8) is 0 Å². The maximum atomic E-state index is 12.7. The van der Waals surface area contributed by atoms with Crippen molar-refractivity contribution >= 4 is 17.5 Å². The summed E-state index contributed by atoms with van der Waals surface area (Å²) in [5.74, 6) is 0.287. The van der Waals surface area contributed by atoms with Crippen LogP contribution in [-0.2, 0) is 6.54 Å². The van der Waals surface area contributed by atoms with E-state index in [1.807, 2.05) is 89.3 Å².